The lowest BCUT2D eigenvalue weighted by molar-refractivity contribution is 0.0600. The largest absolute Gasteiger partial charge is 0.465 e. The number of carbonyl (C=O) groups is 1. The first kappa shape index (κ1) is 15.1. The number of methoxy groups -OCH3 is 2. The maximum Gasteiger partial charge on any atom is 0.337 e. The second-order valence-corrected chi connectivity index (χ2v) is 4.55. The summed E-state index contributed by atoms with van der Waals surface area (Å²) in [5, 5.41) is 0. The number of rotatable bonds is 7. The molecule has 0 fully saturated rings. The van der Waals surface area contributed by atoms with Crippen LogP contribution in [0.4, 0.5) is 0 Å². The second kappa shape index (κ2) is 8.24. The van der Waals surface area contributed by atoms with Crippen LogP contribution in [0.2, 0.25) is 0 Å². The van der Waals surface area contributed by atoms with Gasteiger partial charge in [-0.25, -0.2) is 4.79 Å². The van der Waals surface area contributed by atoms with E-state index in [1.54, 1.807) is 19.2 Å². The third-order valence-corrected chi connectivity index (χ3v) is 3.11. The van der Waals surface area contributed by atoms with E-state index in [1.165, 1.54) is 7.11 Å². The third kappa shape index (κ3) is 4.76. The van der Waals surface area contributed by atoms with Gasteiger partial charge in [0.05, 0.1) is 19.3 Å². The lowest BCUT2D eigenvalue weighted by Crippen LogP contribution is -2.03. The highest BCUT2D eigenvalue weighted by atomic mass is 79.9. The van der Waals surface area contributed by atoms with E-state index in [1.807, 2.05) is 6.07 Å². The molecule has 0 atom stereocenters. The van der Waals surface area contributed by atoms with Crippen molar-refractivity contribution >= 4 is 21.9 Å². The molecule has 1 aromatic rings. The normalized spacial score (nSPS) is 10.4. The van der Waals surface area contributed by atoms with Crippen LogP contribution in [0.25, 0.3) is 0 Å². The van der Waals surface area contributed by atoms with Crippen molar-refractivity contribution in [3.8, 4) is 0 Å². The molecule has 0 spiro atoms. The molecule has 0 aliphatic heterocycles. The molecule has 18 heavy (non-hydrogen) atoms. The quantitative estimate of drug-likeness (QED) is 0.573. The number of benzene rings is 1. The zero-order valence-electron chi connectivity index (χ0n) is 10.6. The summed E-state index contributed by atoms with van der Waals surface area (Å²) in [6.07, 6.45) is 0.869. The van der Waals surface area contributed by atoms with Gasteiger partial charge in [-0.2, -0.15) is 0 Å². The third-order valence-electron chi connectivity index (χ3n) is 2.37. The summed E-state index contributed by atoms with van der Waals surface area (Å²) in [6, 6.07) is 5.32. The van der Waals surface area contributed by atoms with Gasteiger partial charge < -0.3 is 14.2 Å². The second-order valence-electron chi connectivity index (χ2n) is 3.70. The first-order valence-corrected chi connectivity index (χ1v) is 6.41. The molecular formula is C13H17BrO4. The van der Waals surface area contributed by atoms with Crippen LogP contribution < -0.4 is 0 Å². The fourth-order valence-electron chi connectivity index (χ4n) is 1.40. The number of esters is 1. The summed E-state index contributed by atoms with van der Waals surface area (Å²) in [5.41, 5.74) is 1.52. The number of hydrogen-bond acceptors (Lipinski definition) is 4. The van der Waals surface area contributed by atoms with Crippen molar-refractivity contribution in [2.24, 2.45) is 0 Å². The summed E-state index contributed by atoms with van der Waals surface area (Å²) < 4.78 is 15.9. The fourth-order valence-corrected chi connectivity index (χ4v) is 1.89. The van der Waals surface area contributed by atoms with Crippen molar-refractivity contribution in [1.29, 1.82) is 0 Å². The fraction of sp³-hybridized carbons (Fsp3) is 0.462. The minimum Gasteiger partial charge on any atom is -0.465 e. The molecule has 0 saturated heterocycles. The van der Waals surface area contributed by atoms with E-state index in [0.717, 1.165) is 16.5 Å². The standard InChI is InChI=1S/C13H17BrO4/c1-16-6-3-7-18-9-11-5-4-10(8-12(11)14)13(15)17-2/h4-5,8H,3,6-7,9H2,1-2H3. The number of ether oxygens (including phenoxy) is 3. The van der Waals surface area contributed by atoms with Crippen LogP contribution in [0.5, 0.6) is 0 Å². The Morgan fingerprint density at radius 1 is 1.28 bits per heavy atom. The lowest BCUT2D eigenvalue weighted by atomic mass is 10.1. The molecule has 0 saturated carbocycles. The first-order chi connectivity index (χ1) is 8.69. The average Bonchev–Trinajstić information content (AvgIpc) is 2.39. The molecule has 0 aromatic heterocycles. The minimum atomic E-state index is -0.344. The molecule has 0 bridgehead atoms. The number of carbonyl (C=O) groups excluding carboxylic acids is 1. The van der Waals surface area contributed by atoms with Crippen LogP contribution in [-0.2, 0) is 20.8 Å². The maximum absolute atomic E-state index is 11.3. The molecule has 0 unspecified atom stereocenters. The highest BCUT2D eigenvalue weighted by molar-refractivity contribution is 9.10. The van der Waals surface area contributed by atoms with E-state index >= 15 is 0 Å². The summed E-state index contributed by atoms with van der Waals surface area (Å²) in [6.45, 7) is 1.85. The van der Waals surface area contributed by atoms with E-state index in [4.69, 9.17) is 9.47 Å². The van der Waals surface area contributed by atoms with Crippen LogP contribution in [0.3, 0.4) is 0 Å². The van der Waals surface area contributed by atoms with Gasteiger partial charge in [0, 0.05) is 24.8 Å². The summed E-state index contributed by atoms with van der Waals surface area (Å²) in [4.78, 5) is 11.3. The Morgan fingerprint density at radius 2 is 2.06 bits per heavy atom. The Bertz CT molecular complexity index is 393. The van der Waals surface area contributed by atoms with Crippen molar-refractivity contribution < 1.29 is 19.0 Å². The Kier molecular flexibility index (Phi) is 6.93. The number of halogens is 1. The lowest BCUT2D eigenvalue weighted by Gasteiger charge is -2.07. The van der Waals surface area contributed by atoms with Gasteiger partial charge in [0.1, 0.15) is 0 Å². The van der Waals surface area contributed by atoms with E-state index < -0.39 is 0 Å². The van der Waals surface area contributed by atoms with Gasteiger partial charge in [-0.05, 0) is 24.1 Å². The molecule has 0 heterocycles. The zero-order valence-corrected chi connectivity index (χ0v) is 12.2. The van der Waals surface area contributed by atoms with Gasteiger partial charge in [-0.15, -0.1) is 0 Å². The highest BCUT2D eigenvalue weighted by Gasteiger charge is 2.08. The molecule has 100 valence electrons. The van der Waals surface area contributed by atoms with E-state index in [9.17, 15) is 4.79 Å². The van der Waals surface area contributed by atoms with Crippen LogP contribution in [0.15, 0.2) is 22.7 Å². The van der Waals surface area contributed by atoms with Gasteiger partial charge in [0.2, 0.25) is 0 Å². The summed E-state index contributed by atoms with van der Waals surface area (Å²) in [5.74, 6) is -0.344. The zero-order chi connectivity index (χ0) is 13.4. The first-order valence-electron chi connectivity index (χ1n) is 5.62. The van der Waals surface area contributed by atoms with Gasteiger partial charge >= 0.3 is 5.97 Å². The van der Waals surface area contributed by atoms with Crippen molar-refractivity contribution in [1.82, 2.24) is 0 Å². The molecule has 0 N–H and O–H groups in total. The van der Waals surface area contributed by atoms with Gasteiger partial charge in [0.25, 0.3) is 0 Å². The summed E-state index contributed by atoms with van der Waals surface area (Å²) >= 11 is 3.42. The SMILES string of the molecule is COCCCOCc1ccc(C(=O)OC)cc1Br. The summed E-state index contributed by atoms with van der Waals surface area (Å²) in [7, 11) is 3.03. The molecule has 5 heteroatoms. The van der Waals surface area contributed by atoms with Gasteiger partial charge in [-0.3, -0.25) is 0 Å². The molecule has 0 radical (unpaired) electrons. The topological polar surface area (TPSA) is 44.8 Å². The molecule has 1 aromatic carbocycles. The Labute approximate surface area is 115 Å². The molecule has 0 amide bonds. The molecule has 1 rings (SSSR count). The molecule has 0 aliphatic rings. The highest BCUT2D eigenvalue weighted by Crippen LogP contribution is 2.20. The van der Waals surface area contributed by atoms with Crippen molar-refractivity contribution in [3.63, 3.8) is 0 Å². The van der Waals surface area contributed by atoms with E-state index in [2.05, 4.69) is 20.7 Å². The van der Waals surface area contributed by atoms with E-state index in [-0.39, 0.29) is 5.97 Å². The Balaban J connectivity index is 2.49. The van der Waals surface area contributed by atoms with Gasteiger partial charge in [-0.1, -0.05) is 22.0 Å². The van der Waals surface area contributed by atoms with Crippen LogP contribution >= 0.6 is 15.9 Å². The Morgan fingerprint density at radius 3 is 2.67 bits per heavy atom. The monoisotopic (exact) mass is 316 g/mol. The van der Waals surface area contributed by atoms with Crippen LogP contribution in [0, 0.1) is 0 Å². The predicted octanol–water partition coefficient (Wildman–Crippen LogP) is 2.79. The predicted molar refractivity (Wildman–Crippen MR) is 71.6 cm³/mol. The molecule has 4 nitrogen and oxygen atoms in total. The van der Waals surface area contributed by atoms with Crippen molar-refractivity contribution in [2.75, 3.05) is 27.4 Å². The van der Waals surface area contributed by atoms with Crippen molar-refractivity contribution in [2.45, 2.75) is 13.0 Å². The van der Waals surface area contributed by atoms with Gasteiger partial charge in [0.15, 0.2) is 0 Å². The molecule has 0 aliphatic carbocycles. The molecular weight excluding hydrogens is 300 g/mol. The van der Waals surface area contributed by atoms with Crippen LogP contribution in [0.1, 0.15) is 22.3 Å². The minimum absolute atomic E-state index is 0.344. The number of hydrogen-bond donors (Lipinski definition) is 0. The smallest absolute Gasteiger partial charge is 0.337 e. The Hall–Kier alpha value is -0.910. The van der Waals surface area contributed by atoms with E-state index in [0.29, 0.717) is 25.4 Å². The maximum atomic E-state index is 11.3. The average molecular weight is 317 g/mol. The van der Waals surface area contributed by atoms with Crippen molar-refractivity contribution in [3.05, 3.63) is 33.8 Å². The van der Waals surface area contributed by atoms with Crippen LogP contribution in [-0.4, -0.2) is 33.4 Å².